The van der Waals surface area contributed by atoms with Crippen LogP contribution in [-0.4, -0.2) is 48.6 Å². The molecule has 1 unspecified atom stereocenters. The standard InChI is InChI=1S/C15H21N3O3/c1-11(16-12-7-4-5-8-13(12)21-3)17(2)15(20)18-10-6-9-14(18)19/h4-5,7-8,11,16H,6,9-10H2,1-3H3. The maximum Gasteiger partial charge on any atom is 0.328 e. The Morgan fingerprint density at radius 1 is 1.43 bits per heavy atom. The van der Waals surface area contributed by atoms with E-state index in [1.165, 1.54) is 9.80 Å². The number of hydrogen-bond acceptors (Lipinski definition) is 4. The fraction of sp³-hybridized carbons (Fsp3) is 0.467. The summed E-state index contributed by atoms with van der Waals surface area (Å²) in [5.41, 5.74) is 0.805. The molecule has 6 heteroatoms. The second kappa shape index (κ2) is 6.47. The van der Waals surface area contributed by atoms with Crippen molar-refractivity contribution in [3.05, 3.63) is 24.3 Å². The van der Waals surface area contributed by atoms with Crippen molar-refractivity contribution in [1.29, 1.82) is 0 Å². The van der Waals surface area contributed by atoms with Gasteiger partial charge in [-0.1, -0.05) is 12.1 Å². The number of ether oxygens (including phenoxy) is 1. The molecule has 0 radical (unpaired) electrons. The molecule has 1 fully saturated rings. The quantitative estimate of drug-likeness (QED) is 0.863. The molecule has 1 aromatic carbocycles. The Morgan fingerprint density at radius 3 is 2.76 bits per heavy atom. The van der Waals surface area contributed by atoms with E-state index in [-0.39, 0.29) is 18.1 Å². The lowest BCUT2D eigenvalue weighted by Gasteiger charge is -2.30. The molecule has 1 atom stereocenters. The molecule has 0 saturated carbocycles. The van der Waals surface area contributed by atoms with Gasteiger partial charge in [-0.3, -0.25) is 9.69 Å². The molecule has 2 rings (SSSR count). The first-order valence-corrected chi connectivity index (χ1v) is 7.01. The molecule has 1 saturated heterocycles. The summed E-state index contributed by atoms with van der Waals surface area (Å²) in [4.78, 5) is 26.8. The van der Waals surface area contributed by atoms with Gasteiger partial charge in [0.05, 0.1) is 12.8 Å². The Kier molecular flexibility index (Phi) is 4.67. The summed E-state index contributed by atoms with van der Waals surface area (Å²) < 4.78 is 5.27. The first-order chi connectivity index (χ1) is 10.0. The van der Waals surface area contributed by atoms with E-state index in [1.54, 1.807) is 14.2 Å². The second-order valence-electron chi connectivity index (χ2n) is 5.06. The fourth-order valence-electron chi connectivity index (χ4n) is 2.29. The van der Waals surface area contributed by atoms with Crippen LogP contribution in [0.15, 0.2) is 24.3 Å². The Labute approximate surface area is 124 Å². The monoisotopic (exact) mass is 291 g/mol. The maximum absolute atomic E-state index is 12.3. The molecule has 6 nitrogen and oxygen atoms in total. The van der Waals surface area contributed by atoms with Gasteiger partial charge in [0.1, 0.15) is 11.9 Å². The van der Waals surface area contributed by atoms with Crippen LogP contribution in [0.1, 0.15) is 19.8 Å². The summed E-state index contributed by atoms with van der Waals surface area (Å²) in [7, 11) is 3.28. The van der Waals surface area contributed by atoms with E-state index in [0.29, 0.717) is 18.7 Å². The number of para-hydroxylation sites is 2. The van der Waals surface area contributed by atoms with Crippen LogP contribution in [0.3, 0.4) is 0 Å². The minimum atomic E-state index is -0.271. The molecule has 0 aromatic heterocycles. The third-order valence-corrected chi connectivity index (χ3v) is 3.66. The molecule has 1 aromatic rings. The average Bonchev–Trinajstić information content (AvgIpc) is 2.92. The lowest BCUT2D eigenvalue weighted by atomic mass is 10.3. The molecular weight excluding hydrogens is 270 g/mol. The predicted molar refractivity (Wildman–Crippen MR) is 80.2 cm³/mol. The zero-order valence-electron chi connectivity index (χ0n) is 12.6. The number of nitrogens with one attached hydrogen (secondary N) is 1. The highest BCUT2D eigenvalue weighted by Gasteiger charge is 2.30. The van der Waals surface area contributed by atoms with Gasteiger partial charge >= 0.3 is 6.03 Å². The number of hydrogen-bond donors (Lipinski definition) is 1. The number of urea groups is 1. The van der Waals surface area contributed by atoms with E-state index in [9.17, 15) is 9.59 Å². The minimum absolute atomic E-state index is 0.101. The van der Waals surface area contributed by atoms with Crippen molar-refractivity contribution < 1.29 is 14.3 Å². The van der Waals surface area contributed by atoms with E-state index in [0.717, 1.165) is 12.1 Å². The Bertz CT molecular complexity index is 533. The van der Waals surface area contributed by atoms with Crippen LogP contribution >= 0.6 is 0 Å². The van der Waals surface area contributed by atoms with Gasteiger partial charge in [0, 0.05) is 20.0 Å². The van der Waals surface area contributed by atoms with E-state index >= 15 is 0 Å². The largest absolute Gasteiger partial charge is 0.495 e. The third kappa shape index (κ3) is 3.26. The zero-order chi connectivity index (χ0) is 15.4. The lowest BCUT2D eigenvalue weighted by molar-refractivity contribution is -0.125. The van der Waals surface area contributed by atoms with Gasteiger partial charge in [0.25, 0.3) is 0 Å². The van der Waals surface area contributed by atoms with Crippen molar-refractivity contribution >= 4 is 17.6 Å². The normalized spacial score (nSPS) is 15.8. The number of likely N-dealkylation sites (tertiary alicyclic amines) is 1. The number of carbonyl (C=O) groups excluding carboxylic acids is 2. The summed E-state index contributed by atoms with van der Waals surface area (Å²) >= 11 is 0. The first kappa shape index (κ1) is 15.2. The van der Waals surface area contributed by atoms with Crippen LogP contribution in [0.5, 0.6) is 5.75 Å². The van der Waals surface area contributed by atoms with E-state index in [2.05, 4.69) is 5.32 Å². The molecule has 1 aliphatic rings. The molecular formula is C15H21N3O3. The van der Waals surface area contributed by atoms with E-state index < -0.39 is 0 Å². The van der Waals surface area contributed by atoms with Crippen LogP contribution in [0, 0.1) is 0 Å². The van der Waals surface area contributed by atoms with E-state index in [4.69, 9.17) is 4.74 Å². The van der Waals surface area contributed by atoms with Crippen LogP contribution in [0.25, 0.3) is 0 Å². The Balaban J connectivity index is 2.03. The van der Waals surface area contributed by atoms with Crippen molar-refractivity contribution in [2.75, 3.05) is 26.0 Å². The van der Waals surface area contributed by atoms with Crippen molar-refractivity contribution in [3.63, 3.8) is 0 Å². The minimum Gasteiger partial charge on any atom is -0.495 e. The highest BCUT2D eigenvalue weighted by Crippen LogP contribution is 2.24. The topological polar surface area (TPSA) is 61.9 Å². The number of methoxy groups -OCH3 is 1. The smallest absolute Gasteiger partial charge is 0.328 e. The molecule has 21 heavy (non-hydrogen) atoms. The zero-order valence-corrected chi connectivity index (χ0v) is 12.6. The van der Waals surface area contributed by atoms with Gasteiger partial charge in [-0.15, -0.1) is 0 Å². The number of imide groups is 1. The molecule has 0 spiro atoms. The van der Waals surface area contributed by atoms with Gasteiger partial charge in [-0.05, 0) is 25.5 Å². The van der Waals surface area contributed by atoms with Crippen LogP contribution < -0.4 is 10.1 Å². The molecule has 0 bridgehead atoms. The second-order valence-corrected chi connectivity index (χ2v) is 5.06. The highest BCUT2D eigenvalue weighted by atomic mass is 16.5. The van der Waals surface area contributed by atoms with Crippen molar-refractivity contribution in [1.82, 2.24) is 9.80 Å². The summed E-state index contributed by atoms with van der Waals surface area (Å²) in [5.74, 6) is 0.610. The highest BCUT2D eigenvalue weighted by molar-refractivity contribution is 5.95. The third-order valence-electron chi connectivity index (χ3n) is 3.66. The van der Waals surface area contributed by atoms with Gasteiger partial charge in [0.15, 0.2) is 0 Å². The number of nitrogens with zero attached hydrogens (tertiary/aromatic N) is 2. The van der Waals surface area contributed by atoms with Crippen LogP contribution in [0.2, 0.25) is 0 Å². The maximum atomic E-state index is 12.3. The number of rotatable bonds is 4. The number of anilines is 1. The van der Waals surface area contributed by atoms with Gasteiger partial charge in [-0.25, -0.2) is 4.79 Å². The summed E-state index contributed by atoms with van der Waals surface area (Å²) in [5, 5.41) is 3.22. The first-order valence-electron chi connectivity index (χ1n) is 7.01. The summed E-state index contributed by atoms with van der Waals surface area (Å²) in [6.07, 6.45) is 0.933. The molecule has 114 valence electrons. The molecule has 0 aliphatic carbocycles. The van der Waals surface area contributed by atoms with Gasteiger partial charge in [-0.2, -0.15) is 0 Å². The molecule has 1 aliphatic heterocycles. The predicted octanol–water partition coefficient (Wildman–Crippen LogP) is 2.13. The van der Waals surface area contributed by atoms with Crippen molar-refractivity contribution in [3.8, 4) is 5.75 Å². The van der Waals surface area contributed by atoms with Gasteiger partial charge in [0.2, 0.25) is 5.91 Å². The lowest BCUT2D eigenvalue weighted by Crippen LogP contribution is -2.48. The van der Waals surface area contributed by atoms with E-state index in [1.807, 2.05) is 31.2 Å². The number of amides is 3. The fourth-order valence-corrected chi connectivity index (χ4v) is 2.29. The summed E-state index contributed by atoms with van der Waals surface area (Å²) in [6, 6.07) is 7.23. The average molecular weight is 291 g/mol. The Morgan fingerprint density at radius 2 is 2.14 bits per heavy atom. The number of carbonyl (C=O) groups is 2. The Hall–Kier alpha value is -2.24. The SMILES string of the molecule is COc1ccccc1NC(C)N(C)C(=O)N1CCCC1=O. The van der Waals surface area contributed by atoms with Crippen LogP contribution in [0.4, 0.5) is 10.5 Å². The van der Waals surface area contributed by atoms with Crippen molar-refractivity contribution in [2.45, 2.75) is 25.9 Å². The summed E-state index contributed by atoms with van der Waals surface area (Å²) in [6.45, 7) is 2.37. The van der Waals surface area contributed by atoms with Crippen LogP contribution in [-0.2, 0) is 4.79 Å². The number of benzene rings is 1. The molecule has 3 amide bonds. The van der Waals surface area contributed by atoms with Gasteiger partial charge < -0.3 is 15.0 Å². The molecule has 1 heterocycles. The van der Waals surface area contributed by atoms with Crippen molar-refractivity contribution in [2.24, 2.45) is 0 Å². The molecule has 1 N–H and O–H groups in total.